The van der Waals surface area contributed by atoms with Crippen LogP contribution in [0, 0.1) is 4.64 Å². The van der Waals surface area contributed by atoms with E-state index >= 15 is 0 Å². The van der Waals surface area contributed by atoms with Crippen molar-refractivity contribution in [3.63, 3.8) is 0 Å². The summed E-state index contributed by atoms with van der Waals surface area (Å²) in [6, 6.07) is 7.79. The molecule has 0 unspecified atom stereocenters. The van der Waals surface area contributed by atoms with Crippen molar-refractivity contribution in [3.8, 4) is 0 Å². The Kier molecular flexibility index (Phi) is 3.64. The van der Waals surface area contributed by atoms with Gasteiger partial charge in [0.1, 0.15) is 10.5 Å². The molecule has 0 amide bonds. The van der Waals surface area contributed by atoms with Gasteiger partial charge in [-0.3, -0.25) is 4.98 Å². The third-order valence-corrected chi connectivity index (χ3v) is 2.72. The SMILES string of the molecule is CC(C)c1cc(=S)nc(Cc2ccccn2)[nH]1. The van der Waals surface area contributed by atoms with Crippen LogP contribution in [0.5, 0.6) is 0 Å². The summed E-state index contributed by atoms with van der Waals surface area (Å²) < 4.78 is 0.637. The minimum Gasteiger partial charge on any atom is -0.347 e. The molecule has 0 fully saturated rings. The zero-order valence-electron chi connectivity index (χ0n) is 9.97. The first-order chi connectivity index (χ1) is 8.15. The van der Waals surface area contributed by atoms with Gasteiger partial charge in [0.15, 0.2) is 0 Å². The molecule has 0 aliphatic heterocycles. The number of nitrogens with one attached hydrogen (secondary N) is 1. The highest BCUT2D eigenvalue weighted by molar-refractivity contribution is 7.71. The highest BCUT2D eigenvalue weighted by Gasteiger charge is 2.04. The smallest absolute Gasteiger partial charge is 0.130 e. The molecular formula is C13H15N3S. The molecule has 0 atom stereocenters. The standard InChI is InChI=1S/C13H15N3S/c1-9(2)11-8-13(17)16-12(15-11)7-10-5-3-4-6-14-10/h3-6,8-9H,7H2,1-2H3,(H,15,16,17). The minimum atomic E-state index is 0.419. The predicted molar refractivity (Wildman–Crippen MR) is 70.6 cm³/mol. The molecular weight excluding hydrogens is 230 g/mol. The number of nitrogens with zero attached hydrogens (tertiary/aromatic N) is 2. The summed E-state index contributed by atoms with van der Waals surface area (Å²) in [4.78, 5) is 11.9. The highest BCUT2D eigenvalue weighted by atomic mass is 32.1. The molecule has 0 saturated heterocycles. The van der Waals surface area contributed by atoms with Crippen LogP contribution in [0.1, 0.15) is 37.0 Å². The van der Waals surface area contributed by atoms with Crippen LogP contribution in [0.15, 0.2) is 30.5 Å². The van der Waals surface area contributed by atoms with Gasteiger partial charge in [-0.05, 0) is 24.1 Å². The van der Waals surface area contributed by atoms with Crippen molar-refractivity contribution in [1.82, 2.24) is 15.0 Å². The first-order valence-corrected chi connectivity index (χ1v) is 6.06. The van der Waals surface area contributed by atoms with Crippen molar-refractivity contribution in [2.24, 2.45) is 0 Å². The molecule has 2 aromatic heterocycles. The maximum Gasteiger partial charge on any atom is 0.130 e. The summed E-state index contributed by atoms with van der Waals surface area (Å²) in [7, 11) is 0. The number of aromatic amines is 1. The van der Waals surface area contributed by atoms with Gasteiger partial charge >= 0.3 is 0 Å². The van der Waals surface area contributed by atoms with E-state index in [-0.39, 0.29) is 0 Å². The Morgan fingerprint density at radius 3 is 2.82 bits per heavy atom. The van der Waals surface area contributed by atoms with Gasteiger partial charge in [0.2, 0.25) is 0 Å². The minimum absolute atomic E-state index is 0.419. The summed E-state index contributed by atoms with van der Waals surface area (Å²) in [5.74, 6) is 1.29. The molecule has 88 valence electrons. The Labute approximate surface area is 106 Å². The Morgan fingerprint density at radius 1 is 1.35 bits per heavy atom. The number of pyridine rings is 1. The second kappa shape index (κ2) is 5.19. The molecule has 0 saturated carbocycles. The fourth-order valence-corrected chi connectivity index (χ4v) is 1.84. The first-order valence-electron chi connectivity index (χ1n) is 5.65. The van der Waals surface area contributed by atoms with Crippen LogP contribution < -0.4 is 0 Å². The number of hydrogen-bond acceptors (Lipinski definition) is 3. The fraction of sp³-hybridized carbons (Fsp3) is 0.308. The molecule has 1 N–H and O–H groups in total. The van der Waals surface area contributed by atoms with Crippen LogP contribution in [0.3, 0.4) is 0 Å². The van der Waals surface area contributed by atoms with Gasteiger partial charge in [0, 0.05) is 24.0 Å². The van der Waals surface area contributed by atoms with Gasteiger partial charge in [-0.2, -0.15) is 0 Å². The number of hydrogen-bond donors (Lipinski definition) is 1. The Hall–Kier alpha value is -1.55. The third kappa shape index (κ3) is 3.20. The topological polar surface area (TPSA) is 41.6 Å². The first kappa shape index (κ1) is 11.9. The lowest BCUT2D eigenvalue weighted by molar-refractivity contribution is 0.785. The van der Waals surface area contributed by atoms with Crippen molar-refractivity contribution in [2.75, 3.05) is 0 Å². The maximum absolute atomic E-state index is 5.17. The molecule has 3 nitrogen and oxygen atoms in total. The average molecular weight is 245 g/mol. The Morgan fingerprint density at radius 2 is 2.18 bits per heavy atom. The molecule has 0 radical (unpaired) electrons. The molecule has 0 aliphatic carbocycles. The summed E-state index contributed by atoms with van der Waals surface area (Å²) in [5, 5.41) is 0. The van der Waals surface area contributed by atoms with Crippen LogP contribution in [0.4, 0.5) is 0 Å². The summed E-state index contributed by atoms with van der Waals surface area (Å²) in [6.45, 7) is 4.26. The van der Waals surface area contributed by atoms with E-state index in [1.165, 1.54) is 0 Å². The molecule has 2 heterocycles. The second-order valence-corrected chi connectivity index (χ2v) is 4.69. The zero-order chi connectivity index (χ0) is 12.3. The van der Waals surface area contributed by atoms with Crippen LogP contribution in [-0.4, -0.2) is 15.0 Å². The lowest BCUT2D eigenvalue weighted by atomic mass is 10.1. The van der Waals surface area contributed by atoms with Gasteiger partial charge in [-0.15, -0.1) is 0 Å². The average Bonchev–Trinajstić information content (AvgIpc) is 2.29. The van der Waals surface area contributed by atoms with E-state index < -0.39 is 0 Å². The van der Waals surface area contributed by atoms with Gasteiger partial charge in [-0.25, -0.2) is 4.98 Å². The summed E-state index contributed by atoms with van der Waals surface area (Å²) >= 11 is 5.17. The third-order valence-electron chi connectivity index (χ3n) is 2.51. The van der Waals surface area contributed by atoms with Crippen LogP contribution in [0.2, 0.25) is 0 Å². The van der Waals surface area contributed by atoms with Crippen LogP contribution in [-0.2, 0) is 6.42 Å². The second-order valence-electron chi connectivity index (χ2n) is 4.27. The molecule has 0 bridgehead atoms. The lowest BCUT2D eigenvalue weighted by Crippen LogP contribution is -2.03. The largest absolute Gasteiger partial charge is 0.347 e. The Bertz CT molecular complexity index is 546. The van der Waals surface area contributed by atoms with Crippen molar-refractivity contribution in [2.45, 2.75) is 26.2 Å². The van der Waals surface area contributed by atoms with E-state index in [0.717, 1.165) is 17.2 Å². The molecule has 17 heavy (non-hydrogen) atoms. The monoisotopic (exact) mass is 245 g/mol. The van der Waals surface area contributed by atoms with Crippen molar-refractivity contribution >= 4 is 12.2 Å². The van der Waals surface area contributed by atoms with E-state index in [9.17, 15) is 0 Å². The summed E-state index contributed by atoms with van der Waals surface area (Å²) in [5.41, 5.74) is 2.11. The molecule has 2 rings (SSSR count). The normalized spacial score (nSPS) is 10.8. The number of H-pyrrole nitrogens is 1. The quantitative estimate of drug-likeness (QED) is 0.844. The molecule has 0 aliphatic rings. The van der Waals surface area contributed by atoms with Crippen molar-refractivity contribution in [3.05, 3.63) is 52.3 Å². The van der Waals surface area contributed by atoms with E-state index in [0.29, 0.717) is 17.0 Å². The molecule has 4 heteroatoms. The highest BCUT2D eigenvalue weighted by Crippen LogP contribution is 2.12. The number of aromatic nitrogens is 3. The van der Waals surface area contributed by atoms with Crippen molar-refractivity contribution < 1.29 is 0 Å². The Balaban J connectivity index is 2.30. The van der Waals surface area contributed by atoms with Crippen LogP contribution in [0.25, 0.3) is 0 Å². The van der Waals surface area contributed by atoms with E-state index in [1.807, 2.05) is 24.3 Å². The van der Waals surface area contributed by atoms with Gasteiger partial charge in [0.05, 0.1) is 0 Å². The zero-order valence-corrected chi connectivity index (χ0v) is 10.8. The molecule has 0 aromatic carbocycles. The van der Waals surface area contributed by atoms with Crippen molar-refractivity contribution in [1.29, 1.82) is 0 Å². The number of rotatable bonds is 3. The lowest BCUT2D eigenvalue weighted by Gasteiger charge is -2.08. The van der Waals surface area contributed by atoms with E-state index in [4.69, 9.17) is 12.2 Å². The molecule has 0 spiro atoms. The van der Waals surface area contributed by atoms with Gasteiger partial charge in [-0.1, -0.05) is 32.1 Å². The predicted octanol–water partition coefficient (Wildman–Crippen LogP) is 3.25. The fourth-order valence-electron chi connectivity index (χ4n) is 1.60. The van der Waals surface area contributed by atoms with E-state index in [1.54, 1.807) is 6.20 Å². The van der Waals surface area contributed by atoms with Gasteiger partial charge in [0.25, 0.3) is 0 Å². The summed E-state index contributed by atoms with van der Waals surface area (Å²) in [6.07, 6.45) is 2.47. The molecule has 2 aromatic rings. The maximum atomic E-state index is 5.17. The van der Waals surface area contributed by atoms with Crippen LogP contribution >= 0.6 is 12.2 Å². The van der Waals surface area contributed by atoms with E-state index in [2.05, 4.69) is 28.8 Å². The van der Waals surface area contributed by atoms with Gasteiger partial charge < -0.3 is 4.98 Å².